The molecule has 0 aromatic rings. The lowest BCUT2D eigenvalue weighted by molar-refractivity contribution is -0.150. The molecule has 0 amide bonds. The summed E-state index contributed by atoms with van der Waals surface area (Å²) in [5.41, 5.74) is 0. The molecule has 0 unspecified atom stereocenters. The molecular formula is C10H21NO2. The van der Waals surface area contributed by atoms with E-state index in [1.165, 1.54) is 0 Å². The van der Waals surface area contributed by atoms with E-state index >= 15 is 0 Å². The van der Waals surface area contributed by atoms with Crippen LogP contribution in [0.3, 0.4) is 0 Å². The number of hydrogen-bond donors (Lipinski definition) is 1. The van der Waals surface area contributed by atoms with Gasteiger partial charge in [0.25, 0.3) is 0 Å². The maximum absolute atomic E-state index is 11.4. The van der Waals surface area contributed by atoms with Gasteiger partial charge in [-0.25, -0.2) is 0 Å². The number of rotatable bonds is 5. The molecule has 0 radical (unpaired) electrons. The van der Waals surface area contributed by atoms with E-state index in [0.717, 1.165) is 6.42 Å². The second-order valence-corrected chi connectivity index (χ2v) is 3.77. The maximum Gasteiger partial charge on any atom is 0.323 e. The highest BCUT2D eigenvalue weighted by atomic mass is 16.5. The monoisotopic (exact) mass is 187 g/mol. The first-order valence-electron chi connectivity index (χ1n) is 4.93. The van der Waals surface area contributed by atoms with Crippen LogP contribution in [-0.2, 0) is 9.53 Å². The van der Waals surface area contributed by atoms with Gasteiger partial charge in [-0.1, -0.05) is 20.8 Å². The largest absolute Gasteiger partial charge is 0.462 e. The molecule has 0 aromatic heterocycles. The quantitative estimate of drug-likeness (QED) is 0.666. The first-order valence-corrected chi connectivity index (χ1v) is 4.93. The molecular weight excluding hydrogens is 166 g/mol. The Morgan fingerprint density at radius 2 is 1.85 bits per heavy atom. The van der Waals surface area contributed by atoms with Crippen molar-refractivity contribution in [2.24, 2.45) is 0 Å². The van der Waals surface area contributed by atoms with E-state index in [-0.39, 0.29) is 18.1 Å². The van der Waals surface area contributed by atoms with Crippen molar-refractivity contribution in [2.45, 2.75) is 59.2 Å². The lowest BCUT2D eigenvalue weighted by Gasteiger charge is -2.19. The minimum Gasteiger partial charge on any atom is -0.462 e. The molecule has 3 heteroatoms. The predicted octanol–water partition coefficient (Wildman–Crippen LogP) is 1.71. The number of nitrogens with one attached hydrogen (secondary N) is 1. The van der Waals surface area contributed by atoms with Crippen molar-refractivity contribution >= 4 is 5.97 Å². The molecule has 0 aliphatic carbocycles. The van der Waals surface area contributed by atoms with Crippen molar-refractivity contribution in [1.29, 1.82) is 0 Å². The smallest absolute Gasteiger partial charge is 0.323 e. The molecule has 0 spiro atoms. The van der Waals surface area contributed by atoms with Crippen molar-refractivity contribution in [3.63, 3.8) is 0 Å². The van der Waals surface area contributed by atoms with Crippen LogP contribution in [0.15, 0.2) is 0 Å². The van der Waals surface area contributed by atoms with Crippen molar-refractivity contribution in [1.82, 2.24) is 5.32 Å². The van der Waals surface area contributed by atoms with Crippen molar-refractivity contribution < 1.29 is 9.53 Å². The van der Waals surface area contributed by atoms with Gasteiger partial charge in [0.2, 0.25) is 0 Å². The standard InChI is InChI=1S/C10H21NO2/c1-6-9(11-7(2)3)10(12)13-8(4)5/h7-9,11H,6H2,1-5H3/t9-/m0/s1. The van der Waals surface area contributed by atoms with Gasteiger partial charge >= 0.3 is 5.97 Å². The van der Waals surface area contributed by atoms with Gasteiger partial charge in [0.15, 0.2) is 0 Å². The van der Waals surface area contributed by atoms with Gasteiger partial charge in [0, 0.05) is 6.04 Å². The Morgan fingerprint density at radius 1 is 1.31 bits per heavy atom. The third-order valence-corrected chi connectivity index (χ3v) is 1.58. The summed E-state index contributed by atoms with van der Waals surface area (Å²) in [6.07, 6.45) is 0.736. The van der Waals surface area contributed by atoms with E-state index in [0.29, 0.717) is 6.04 Å². The summed E-state index contributed by atoms with van der Waals surface area (Å²) in [6.45, 7) is 9.73. The number of hydrogen-bond acceptors (Lipinski definition) is 3. The average molecular weight is 187 g/mol. The van der Waals surface area contributed by atoms with E-state index in [1.54, 1.807) is 0 Å². The summed E-state index contributed by atoms with van der Waals surface area (Å²) in [7, 11) is 0. The Kier molecular flexibility index (Phi) is 5.71. The molecule has 13 heavy (non-hydrogen) atoms. The summed E-state index contributed by atoms with van der Waals surface area (Å²) in [4.78, 5) is 11.4. The number of carbonyl (C=O) groups excluding carboxylic acids is 1. The normalized spacial score (nSPS) is 13.5. The molecule has 3 nitrogen and oxygen atoms in total. The minimum absolute atomic E-state index is 0.0319. The minimum atomic E-state index is -0.164. The summed E-state index contributed by atoms with van der Waals surface area (Å²) in [5, 5.41) is 3.16. The van der Waals surface area contributed by atoms with Crippen LogP contribution in [0.5, 0.6) is 0 Å². The molecule has 0 aromatic carbocycles. The van der Waals surface area contributed by atoms with Crippen molar-refractivity contribution in [2.75, 3.05) is 0 Å². The summed E-state index contributed by atoms with van der Waals surface area (Å²) in [6, 6.07) is 0.145. The number of ether oxygens (including phenoxy) is 1. The van der Waals surface area contributed by atoms with Crippen LogP contribution < -0.4 is 5.32 Å². The fourth-order valence-corrected chi connectivity index (χ4v) is 1.07. The zero-order chi connectivity index (χ0) is 10.4. The van der Waals surface area contributed by atoms with Crippen LogP contribution in [0, 0.1) is 0 Å². The highest BCUT2D eigenvalue weighted by Gasteiger charge is 2.19. The lowest BCUT2D eigenvalue weighted by atomic mass is 10.2. The van der Waals surface area contributed by atoms with Gasteiger partial charge in [-0.05, 0) is 20.3 Å². The zero-order valence-electron chi connectivity index (χ0n) is 9.26. The van der Waals surface area contributed by atoms with E-state index in [1.807, 2.05) is 34.6 Å². The van der Waals surface area contributed by atoms with Crippen molar-refractivity contribution in [3.05, 3.63) is 0 Å². The van der Waals surface area contributed by atoms with Gasteiger partial charge in [-0.15, -0.1) is 0 Å². The first kappa shape index (κ1) is 12.4. The maximum atomic E-state index is 11.4. The van der Waals surface area contributed by atoms with E-state index in [9.17, 15) is 4.79 Å². The Labute approximate surface area is 80.8 Å². The van der Waals surface area contributed by atoms with Crippen LogP contribution in [0.25, 0.3) is 0 Å². The fraction of sp³-hybridized carbons (Fsp3) is 0.900. The summed E-state index contributed by atoms with van der Waals surface area (Å²) < 4.78 is 5.10. The van der Waals surface area contributed by atoms with E-state index in [4.69, 9.17) is 4.74 Å². The predicted molar refractivity (Wildman–Crippen MR) is 53.6 cm³/mol. The Balaban J connectivity index is 3.99. The van der Waals surface area contributed by atoms with Crippen LogP contribution in [0.4, 0.5) is 0 Å². The average Bonchev–Trinajstić information content (AvgIpc) is 1.98. The third kappa shape index (κ3) is 5.64. The second-order valence-electron chi connectivity index (χ2n) is 3.77. The Morgan fingerprint density at radius 3 is 2.15 bits per heavy atom. The molecule has 0 fully saturated rings. The number of carbonyl (C=O) groups is 1. The SMILES string of the molecule is CC[C@H](NC(C)C)C(=O)OC(C)C. The Hall–Kier alpha value is -0.570. The molecule has 1 atom stereocenters. The summed E-state index contributed by atoms with van der Waals surface area (Å²) in [5.74, 6) is -0.147. The van der Waals surface area contributed by atoms with Gasteiger partial charge in [0.1, 0.15) is 6.04 Å². The van der Waals surface area contributed by atoms with Gasteiger partial charge in [0.05, 0.1) is 6.10 Å². The molecule has 0 rings (SSSR count). The third-order valence-electron chi connectivity index (χ3n) is 1.58. The van der Waals surface area contributed by atoms with Gasteiger partial charge in [-0.3, -0.25) is 4.79 Å². The van der Waals surface area contributed by atoms with E-state index < -0.39 is 0 Å². The lowest BCUT2D eigenvalue weighted by Crippen LogP contribution is -2.42. The zero-order valence-corrected chi connectivity index (χ0v) is 9.26. The van der Waals surface area contributed by atoms with Crippen LogP contribution >= 0.6 is 0 Å². The second kappa shape index (κ2) is 5.97. The first-order chi connectivity index (χ1) is 5.97. The molecule has 0 aliphatic heterocycles. The fourth-order valence-electron chi connectivity index (χ4n) is 1.07. The van der Waals surface area contributed by atoms with Crippen LogP contribution in [0.2, 0.25) is 0 Å². The summed E-state index contributed by atoms with van der Waals surface area (Å²) >= 11 is 0. The van der Waals surface area contributed by atoms with Crippen molar-refractivity contribution in [3.8, 4) is 0 Å². The molecule has 0 heterocycles. The molecule has 78 valence electrons. The number of esters is 1. The molecule has 0 saturated carbocycles. The molecule has 1 N–H and O–H groups in total. The highest BCUT2D eigenvalue weighted by Crippen LogP contribution is 1.99. The molecule has 0 aliphatic rings. The van der Waals surface area contributed by atoms with Crippen LogP contribution in [0.1, 0.15) is 41.0 Å². The van der Waals surface area contributed by atoms with Gasteiger partial charge < -0.3 is 10.1 Å². The Bertz CT molecular complexity index is 155. The van der Waals surface area contributed by atoms with E-state index in [2.05, 4.69) is 5.32 Å². The topological polar surface area (TPSA) is 38.3 Å². The highest BCUT2D eigenvalue weighted by molar-refractivity contribution is 5.75. The molecule has 0 saturated heterocycles. The molecule has 0 bridgehead atoms. The van der Waals surface area contributed by atoms with Gasteiger partial charge in [-0.2, -0.15) is 0 Å². The van der Waals surface area contributed by atoms with Crippen LogP contribution in [-0.4, -0.2) is 24.2 Å².